The molecule has 0 bridgehead atoms. The Balaban J connectivity index is 1.49. The number of amides is 2. The highest BCUT2D eigenvalue weighted by molar-refractivity contribution is 5.94. The fourth-order valence-corrected chi connectivity index (χ4v) is 3.48. The molecule has 1 aliphatic rings. The predicted octanol–water partition coefficient (Wildman–Crippen LogP) is 3.55. The largest absolute Gasteiger partial charge is 0.493 e. The van der Waals surface area contributed by atoms with Crippen molar-refractivity contribution in [1.29, 1.82) is 0 Å². The molecule has 6 nitrogen and oxygen atoms in total. The second-order valence-electron chi connectivity index (χ2n) is 7.43. The first-order valence-corrected chi connectivity index (χ1v) is 10.3. The van der Waals surface area contributed by atoms with Gasteiger partial charge in [-0.2, -0.15) is 13.2 Å². The number of piperazine rings is 1. The number of halogens is 3. The first-order chi connectivity index (χ1) is 15.3. The van der Waals surface area contributed by atoms with Crippen molar-refractivity contribution in [2.24, 2.45) is 0 Å². The second kappa shape index (κ2) is 10.4. The van der Waals surface area contributed by atoms with E-state index >= 15 is 0 Å². The standard InChI is InChI=1S/C23H25F3N2O4/c1-31-20-15-17(7-9-19(20)32-16-23(24,25)26)8-10-21(29)27-11-13-28(14-12-27)22(30)18-5-3-2-4-6-18/h2-7,9,15H,8,10-14,16H2,1H3. The molecule has 1 saturated heterocycles. The van der Waals surface area contributed by atoms with Crippen LogP contribution in [0.1, 0.15) is 22.3 Å². The van der Waals surface area contributed by atoms with E-state index in [1.165, 1.54) is 13.2 Å². The van der Waals surface area contributed by atoms with Crippen molar-refractivity contribution < 1.29 is 32.2 Å². The Hall–Kier alpha value is -3.23. The molecule has 0 aromatic heterocycles. The minimum absolute atomic E-state index is 0.000827. The topological polar surface area (TPSA) is 59.1 Å². The molecule has 1 aliphatic heterocycles. The van der Waals surface area contributed by atoms with Gasteiger partial charge in [-0.05, 0) is 36.2 Å². The number of hydrogen-bond acceptors (Lipinski definition) is 4. The highest BCUT2D eigenvalue weighted by Gasteiger charge is 2.29. The molecule has 172 valence electrons. The van der Waals surface area contributed by atoms with Crippen LogP contribution in [0.15, 0.2) is 48.5 Å². The second-order valence-corrected chi connectivity index (χ2v) is 7.43. The number of rotatable bonds is 7. The van der Waals surface area contributed by atoms with Crippen molar-refractivity contribution in [2.45, 2.75) is 19.0 Å². The highest BCUT2D eigenvalue weighted by Crippen LogP contribution is 2.30. The summed E-state index contributed by atoms with van der Waals surface area (Å²) in [6.45, 7) is 0.465. The summed E-state index contributed by atoms with van der Waals surface area (Å²) < 4.78 is 47.0. The molecule has 0 radical (unpaired) electrons. The van der Waals surface area contributed by atoms with Crippen LogP contribution in [0.25, 0.3) is 0 Å². The summed E-state index contributed by atoms with van der Waals surface area (Å²) in [5, 5.41) is 0. The zero-order chi connectivity index (χ0) is 23.1. The van der Waals surface area contributed by atoms with Crippen LogP contribution < -0.4 is 9.47 Å². The number of nitrogens with zero attached hydrogens (tertiary/aromatic N) is 2. The normalized spacial score (nSPS) is 14.2. The molecule has 2 aromatic rings. The zero-order valence-corrected chi connectivity index (χ0v) is 17.7. The molecule has 32 heavy (non-hydrogen) atoms. The molecule has 9 heteroatoms. The van der Waals surface area contributed by atoms with Gasteiger partial charge in [-0.25, -0.2) is 0 Å². The van der Waals surface area contributed by atoms with Crippen molar-refractivity contribution in [1.82, 2.24) is 9.80 Å². The Morgan fingerprint density at radius 2 is 1.59 bits per heavy atom. The summed E-state index contributed by atoms with van der Waals surface area (Å²) in [5.41, 5.74) is 1.39. The minimum Gasteiger partial charge on any atom is -0.493 e. The summed E-state index contributed by atoms with van der Waals surface area (Å²) in [5.74, 6) is 0.108. The number of ether oxygens (including phenoxy) is 2. The van der Waals surface area contributed by atoms with Crippen LogP contribution in [0.4, 0.5) is 13.2 Å². The highest BCUT2D eigenvalue weighted by atomic mass is 19.4. The lowest BCUT2D eigenvalue weighted by Crippen LogP contribution is -2.50. The summed E-state index contributed by atoms with van der Waals surface area (Å²) in [7, 11) is 1.35. The maximum absolute atomic E-state index is 12.6. The van der Waals surface area contributed by atoms with E-state index in [1.807, 2.05) is 18.2 Å². The molecule has 0 atom stereocenters. The van der Waals surface area contributed by atoms with Crippen molar-refractivity contribution in [3.05, 3.63) is 59.7 Å². The number of aryl methyl sites for hydroxylation is 1. The number of benzene rings is 2. The molecule has 2 aromatic carbocycles. The number of carbonyl (C=O) groups is 2. The summed E-state index contributed by atoms with van der Waals surface area (Å²) in [6.07, 6.45) is -3.78. The lowest BCUT2D eigenvalue weighted by molar-refractivity contribution is -0.153. The lowest BCUT2D eigenvalue weighted by atomic mass is 10.1. The van der Waals surface area contributed by atoms with E-state index in [0.29, 0.717) is 38.2 Å². The number of alkyl halides is 3. The Labute approximate surface area is 184 Å². The van der Waals surface area contributed by atoms with E-state index in [9.17, 15) is 22.8 Å². The van der Waals surface area contributed by atoms with Crippen LogP contribution in [-0.2, 0) is 11.2 Å². The summed E-state index contributed by atoms with van der Waals surface area (Å²) in [4.78, 5) is 28.6. The van der Waals surface area contributed by atoms with Crippen LogP contribution >= 0.6 is 0 Å². The van der Waals surface area contributed by atoms with E-state index in [1.54, 1.807) is 34.1 Å². The van der Waals surface area contributed by atoms with Gasteiger partial charge in [0.15, 0.2) is 18.1 Å². The fourth-order valence-electron chi connectivity index (χ4n) is 3.48. The van der Waals surface area contributed by atoms with Gasteiger partial charge in [0.05, 0.1) is 7.11 Å². The van der Waals surface area contributed by atoms with E-state index in [0.717, 1.165) is 5.56 Å². The van der Waals surface area contributed by atoms with Crippen LogP contribution in [-0.4, -0.2) is 67.7 Å². The Morgan fingerprint density at radius 1 is 0.938 bits per heavy atom. The molecular formula is C23H25F3N2O4. The fraction of sp³-hybridized carbons (Fsp3) is 0.391. The van der Waals surface area contributed by atoms with E-state index in [2.05, 4.69) is 0 Å². The maximum Gasteiger partial charge on any atom is 0.422 e. The molecular weight excluding hydrogens is 425 g/mol. The van der Waals surface area contributed by atoms with E-state index in [4.69, 9.17) is 9.47 Å². The molecule has 0 spiro atoms. The van der Waals surface area contributed by atoms with E-state index in [-0.39, 0.29) is 29.7 Å². The van der Waals surface area contributed by atoms with Gasteiger partial charge in [-0.1, -0.05) is 24.3 Å². The third-order valence-corrected chi connectivity index (χ3v) is 5.19. The van der Waals surface area contributed by atoms with Gasteiger partial charge in [0.2, 0.25) is 5.91 Å². The third kappa shape index (κ3) is 6.38. The van der Waals surface area contributed by atoms with Crippen molar-refractivity contribution in [2.75, 3.05) is 39.9 Å². The summed E-state index contributed by atoms with van der Waals surface area (Å²) >= 11 is 0. The van der Waals surface area contributed by atoms with Gasteiger partial charge in [0.1, 0.15) is 0 Å². The van der Waals surface area contributed by atoms with Crippen molar-refractivity contribution in [3.63, 3.8) is 0 Å². The average molecular weight is 450 g/mol. The monoisotopic (exact) mass is 450 g/mol. The van der Waals surface area contributed by atoms with Gasteiger partial charge in [-0.3, -0.25) is 9.59 Å². The predicted molar refractivity (Wildman–Crippen MR) is 112 cm³/mol. The molecule has 1 fully saturated rings. The molecule has 2 amide bonds. The van der Waals surface area contributed by atoms with Crippen molar-refractivity contribution >= 4 is 11.8 Å². The SMILES string of the molecule is COc1cc(CCC(=O)N2CCN(C(=O)c3ccccc3)CC2)ccc1OCC(F)(F)F. The molecule has 0 saturated carbocycles. The van der Waals surface area contributed by atoms with E-state index < -0.39 is 12.8 Å². The first-order valence-electron chi connectivity index (χ1n) is 10.3. The smallest absolute Gasteiger partial charge is 0.422 e. The van der Waals surface area contributed by atoms with Gasteiger partial charge < -0.3 is 19.3 Å². The van der Waals surface area contributed by atoms with Crippen LogP contribution in [0.3, 0.4) is 0 Å². The third-order valence-electron chi connectivity index (χ3n) is 5.19. The Bertz CT molecular complexity index is 927. The quantitative estimate of drug-likeness (QED) is 0.648. The summed E-state index contributed by atoms with van der Waals surface area (Å²) in [6, 6.07) is 13.6. The molecule has 0 unspecified atom stereocenters. The molecule has 0 N–H and O–H groups in total. The van der Waals surface area contributed by atoms with Gasteiger partial charge in [0, 0.05) is 38.2 Å². The van der Waals surface area contributed by atoms with Crippen LogP contribution in [0, 0.1) is 0 Å². The number of carbonyl (C=O) groups excluding carboxylic acids is 2. The molecule has 1 heterocycles. The Morgan fingerprint density at radius 3 is 2.22 bits per heavy atom. The average Bonchev–Trinajstić information content (AvgIpc) is 2.81. The lowest BCUT2D eigenvalue weighted by Gasteiger charge is -2.35. The maximum atomic E-state index is 12.6. The molecule has 3 rings (SSSR count). The number of hydrogen-bond donors (Lipinski definition) is 0. The first kappa shape index (κ1) is 23.4. The van der Waals surface area contributed by atoms with Gasteiger partial charge >= 0.3 is 6.18 Å². The minimum atomic E-state index is -4.44. The number of methoxy groups -OCH3 is 1. The van der Waals surface area contributed by atoms with Gasteiger partial charge in [0.25, 0.3) is 5.91 Å². The van der Waals surface area contributed by atoms with Crippen molar-refractivity contribution in [3.8, 4) is 11.5 Å². The molecule has 0 aliphatic carbocycles. The zero-order valence-electron chi connectivity index (χ0n) is 17.7. The Kier molecular flexibility index (Phi) is 7.61. The van der Waals surface area contributed by atoms with Crippen LogP contribution in [0.5, 0.6) is 11.5 Å². The van der Waals surface area contributed by atoms with Crippen LogP contribution in [0.2, 0.25) is 0 Å². The van der Waals surface area contributed by atoms with Gasteiger partial charge in [-0.15, -0.1) is 0 Å².